The van der Waals surface area contributed by atoms with E-state index in [1.807, 2.05) is 91.0 Å². The van der Waals surface area contributed by atoms with Gasteiger partial charge in [0, 0.05) is 0 Å². The first kappa shape index (κ1) is 15.3. The minimum atomic E-state index is -1.82. The van der Waals surface area contributed by atoms with Crippen molar-refractivity contribution in [1.82, 2.24) is 0 Å². The van der Waals surface area contributed by atoms with Crippen LogP contribution in [0.4, 0.5) is 0 Å². The molecule has 1 saturated heterocycles. The summed E-state index contributed by atoms with van der Waals surface area (Å²) in [5.74, 6) is 0. The first-order valence-corrected chi connectivity index (χ1v) is 8.75. The van der Waals surface area contributed by atoms with Gasteiger partial charge in [-0.25, -0.2) is 4.18 Å². The lowest BCUT2D eigenvalue weighted by molar-refractivity contribution is 0.0737. The number of rotatable bonds is 3. The summed E-state index contributed by atoms with van der Waals surface area (Å²) in [5.41, 5.74) is 1.80. The molecule has 1 aliphatic heterocycles. The lowest BCUT2D eigenvalue weighted by atomic mass is 9.79. The molecule has 4 heteroatoms. The predicted octanol–water partition coefficient (Wildman–Crippen LogP) is 4.30. The van der Waals surface area contributed by atoms with E-state index in [0.29, 0.717) is 0 Å². The molecule has 2 atom stereocenters. The minimum absolute atomic E-state index is 0.496. The highest BCUT2D eigenvalue weighted by Gasteiger charge is 2.53. The molecule has 1 heterocycles. The van der Waals surface area contributed by atoms with E-state index in [9.17, 15) is 4.21 Å². The number of hydrogen-bond donors (Lipinski definition) is 0. The van der Waals surface area contributed by atoms with Crippen LogP contribution in [0.5, 0.6) is 0 Å². The molecule has 0 spiro atoms. The Labute approximate surface area is 143 Å². The summed E-state index contributed by atoms with van der Waals surface area (Å²) in [7, 11) is 0. The van der Waals surface area contributed by atoms with Crippen LogP contribution < -0.4 is 0 Å². The van der Waals surface area contributed by atoms with Gasteiger partial charge >= 0.3 is 11.4 Å². The summed E-state index contributed by atoms with van der Waals surface area (Å²) in [6, 6.07) is 29.4. The molecule has 0 bridgehead atoms. The van der Waals surface area contributed by atoms with Gasteiger partial charge in [0.25, 0.3) is 0 Å². The maximum atomic E-state index is 12.3. The molecule has 4 rings (SSSR count). The maximum absolute atomic E-state index is 12.3. The van der Waals surface area contributed by atoms with E-state index in [1.165, 1.54) is 0 Å². The van der Waals surface area contributed by atoms with Gasteiger partial charge < -0.3 is 0 Å². The van der Waals surface area contributed by atoms with Gasteiger partial charge in [0.1, 0.15) is 6.10 Å². The lowest BCUT2D eigenvalue weighted by Crippen LogP contribution is -2.33. The van der Waals surface area contributed by atoms with Gasteiger partial charge in [-0.15, -0.1) is 0 Å². The first-order chi connectivity index (χ1) is 11.8. The van der Waals surface area contributed by atoms with Crippen LogP contribution >= 0.6 is 0 Å². The highest BCUT2D eigenvalue weighted by molar-refractivity contribution is 7.75. The molecule has 3 aromatic carbocycles. The Morgan fingerprint density at radius 1 is 0.708 bits per heavy atom. The van der Waals surface area contributed by atoms with Gasteiger partial charge in [-0.1, -0.05) is 91.0 Å². The third-order valence-corrected chi connectivity index (χ3v) is 5.00. The van der Waals surface area contributed by atoms with Crippen LogP contribution in [0, 0.1) is 0 Å². The maximum Gasteiger partial charge on any atom is 0.306 e. The molecule has 0 unspecified atom stereocenters. The zero-order valence-electron chi connectivity index (χ0n) is 12.9. The second-order valence-corrected chi connectivity index (χ2v) is 6.41. The molecule has 0 amide bonds. The minimum Gasteiger partial charge on any atom is -0.256 e. The molecule has 1 fully saturated rings. The second-order valence-electron chi connectivity index (χ2n) is 5.64. The monoisotopic (exact) mass is 336 g/mol. The molecule has 24 heavy (non-hydrogen) atoms. The van der Waals surface area contributed by atoms with Crippen molar-refractivity contribution >= 4 is 11.4 Å². The van der Waals surface area contributed by atoms with Crippen LogP contribution in [-0.4, -0.2) is 4.21 Å². The normalized spacial score (nSPS) is 22.3. The summed E-state index contributed by atoms with van der Waals surface area (Å²) in [6.45, 7) is 0. The highest BCUT2D eigenvalue weighted by atomic mass is 32.2. The number of hydrogen-bond acceptors (Lipinski definition) is 3. The lowest BCUT2D eigenvalue weighted by Gasteiger charge is -2.32. The summed E-state index contributed by atoms with van der Waals surface area (Å²) >= 11 is -1.82. The van der Waals surface area contributed by atoms with Crippen molar-refractivity contribution in [2.24, 2.45) is 0 Å². The van der Waals surface area contributed by atoms with Gasteiger partial charge in [0.2, 0.25) is 0 Å². The third-order valence-electron chi connectivity index (χ3n) is 4.25. The van der Waals surface area contributed by atoms with E-state index < -0.39 is 23.1 Å². The molecular weight excluding hydrogens is 320 g/mol. The van der Waals surface area contributed by atoms with E-state index in [2.05, 4.69) is 0 Å². The van der Waals surface area contributed by atoms with Crippen LogP contribution in [0.3, 0.4) is 0 Å². The molecule has 3 nitrogen and oxygen atoms in total. The van der Waals surface area contributed by atoms with Gasteiger partial charge in [0.05, 0.1) is 0 Å². The fraction of sp³-hybridized carbons (Fsp3) is 0.100. The zero-order valence-corrected chi connectivity index (χ0v) is 13.7. The predicted molar refractivity (Wildman–Crippen MR) is 93.2 cm³/mol. The molecule has 0 aromatic heterocycles. The summed E-state index contributed by atoms with van der Waals surface area (Å²) in [5, 5.41) is 0. The Morgan fingerprint density at radius 2 is 1.17 bits per heavy atom. The fourth-order valence-electron chi connectivity index (χ4n) is 3.17. The van der Waals surface area contributed by atoms with Crippen molar-refractivity contribution in [3.8, 4) is 0 Å². The summed E-state index contributed by atoms with van der Waals surface area (Å²) in [6.07, 6.45) is -0.496. The molecule has 3 aromatic rings. The van der Waals surface area contributed by atoms with Crippen LogP contribution in [-0.2, 0) is 25.3 Å². The molecular formula is C20H16O3S. The Kier molecular flexibility index (Phi) is 4.02. The highest BCUT2D eigenvalue weighted by Crippen LogP contribution is 2.51. The first-order valence-electron chi connectivity index (χ1n) is 7.75. The van der Waals surface area contributed by atoms with Crippen LogP contribution in [0.25, 0.3) is 0 Å². The van der Waals surface area contributed by atoms with E-state index in [1.54, 1.807) is 0 Å². The second kappa shape index (κ2) is 6.32. The van der Waals surface area contributed by atoms with E-state index in [-0.39, 0.29) is 0 Å². The van der Waals surface area contributed by atoms with E-state index >= 15 is 0 Å². The fourth-order valence-corrected chi connectivity index (χ4v) is 4.11. The summed E-state index contributed by atoms with van der Waals surface area (Å²) in [4.78, 5) is 0. The Hall–Kier alpha value is -2.27. The quantitative estimate of drug-likeness (QED) is 0.715. The molecule has 0 saturated carbocycles. The van der Waals surface area contributed by atoms with Crippen LogP contribution in [0.2, 0.25) is 0 Å². The van der Waals surface area contributed by atoms with Crippen molar-refractivity contribution < 1.29 is 12.6 Å². The number of benzene rings is 3. The van der Waals surface area contributed by atoms with Crippen molar-refractivity contribution in [1.29, 1.82) is 0 Å². The van der Waals surface area contributed by atoms with Gasteiger partial charge in [-0.3, -0.25) is 4.18 Å². The molecule has 1 aliphatic rings. The molecule has 0 radical (unpaired) electrons. The van der Waals surface area contributed by atoms with Gasteiger partial charge in [0.15, 0.2) is 5.60 Å². The molecule has 120 valence electrons. The Morgan fingerprint density at radius 3 is 1.67 bits per heavy atom. The topological polar surface area (TPSA) is 35.5 Å². The van der Waals surface area contributed by atoms with E-state index in [0.717, 1.165) is 16.7 Å². The van der Waals surface area contributed by atoms with Gasteiger partial charge in [-0.2, -0.15) is 4.21 Å². The smallest absolute Gasteiger partial charge is 0.256 e. The van der Waals surface area contributed by atoms with Crippen LogP contribution in [0.15, 0.2) is 91.0 Å². The third kappa shape index (κ3) is 2.49. The van der Waals surface area contributed by atoms with E-state index in [4.69, 9.17) is 8.37 Å². The average Bonchev–Trinajstić information content (AvgIpc) is 3.02. The van der Waals surface area contributed by atoms with Crippen molar-refractivity contribution in [2.45, 2.75) is 11.7 Å². The standard InChI is InChI=1S/C20H16O3S/c21-24-22-19(16-10-4-1-5-11-16)20(23-24,17-12-6-2-7-13-17)18-14-8-3-9-15-18/h1-15,19H/t19-,24+/m0/s1. The Bertz CT molecular complexity index is 795. The largest absolute Gasteiger partial charge is 0.306 e. The summed E-state index contributed by atoms with van der Waals surface area (Å²) < 4.78 is 23.9. The Balaban J connectivity index is 1.97. The van der Waals surface area contributed by atoms with Crippen molar-refractivity contribution in [3.63, 3.8) is 0 Å². The SMILES string of the molecule is O=[S@@]1O[C@@H](c2ccccc2)C(c2ccccc2)(c2ccccc2)O1. The average molecular weight is 336 g/mol. The van der Waals surface area contributed by atoms with Crippen molar-refractivity contribution in [3.05, 3.63) is 108 Å². The molecule has 0 aliphatic carbocycles. The van der Waals surface area contributed by atoms with Gasteiger partial charge in [-0.05, 0) is 16.7 Å². The zero-order chi connectivity index (χ0) is 16.4. The molecule has 0 N–H and O–H groups in total. The van der Waals surface area contributed by atoms with Crippen LogP contribution in [0.1, 0.15) is 22.8 Å². The van der Waals surface area contributed by atoms with Crippen molar-refractivity contribution in [2.75, 3.05) is 0 Å².